The summed E-state index contributed by atoms with van der Waals surface area (Å²) >= 11 is 0. The Labute approximate surface area is 236 Å². The normalized spacial score (nSPS) is 21.8. The van der Waals surface area contributed by atoms with Crippen molar-refractivity contribution in [1.29, 1.82) is 5.26 Å². The van der Waals surface area contributed by atoms with Crippen molar-refractivity contribution >= 4 is 19.1 Å². The summed E-state index contributed by atoms with van der Waals surface area (Å²) in [5, 5.41) is 31.9. The number of piperazine rings is 1. The van der Waals surface area contributed by atoms with Crippen LogP contribution in [0, 0.1) is 11.3 Å². The van der Waals surface area contributed by atoms with Crippen LogP contribution in [0.1, 0.15) is 32.3 Å². The Bertz CT molecular complexity index is 1080. The average Bonchev–Trinajstić information content (AvgIpc) is 3.38. The van der Waals surface area contributed by atoms with Gasteiger partial charge in [0.25, 0.3) is 5.91 Å². The van der Waals surface area contributed by atoms with Crippen molar-refractivity contribution in [3.8, 4) is 6.07 Å². The number of nitrogens with one attached hydrogen (secondary N) is 1. The molecule has 1 unspecified atom stereocenters. The van der Waals surface area contributed by atoms with Gasteiger partial charge in [-0.3, -0.25) is 14.6 Å². The highest BCUT2D eigenvalue weighted by atomic mass is 16.5. The van der Waals surface area contributed by atoms with Crippen LogP contribution in [-0.4, -0.2) is 120 Å². The number of rotatable bonds is 10. The Morgan fingerprint density at radius 1 is 1.20 bits per heavy atom. The van der Waals surface area contributed by atoms with E-state index in [1.807, 2.05) is 44.2 Å². The molecule has 0 radical (unpaired) electrons. The highest BCUT2D eigenvalue weighted by Crippen LogP contribution is 2.25. The summed E-state index contributed by atoms with van der Waals surface area (Å²) < 4.78 is 10.7. The van der Waals surface area contributed by atoms with Crippen LogP contribution < -0.4 is 5.32 Å². The molecule has 0 saturated carbocycles. The van der Waals surface area contributed by atoms with E-state index in [0.29, 0.717) is 19.0 Å². The molecule has 2 amide bonds. The molecule has 3 N–H and O–H groups in total. The van der Waals surface area contributed by atoms with Crippen LogP contribution in [0.3, 0.4) is 0 Å². The third kappa shape index (κ3) is 7.62. The van der Waals surface area contributed by atoms with Gasteiger partial charge >= 0.3 is 13.2 Å². The third-order valence-electron chi connectivity index (χ3n) is 8.12. The molecule has 216 valence electrons. The van der Waals surface area contributed by atoms with Gasteiger partial charge in [0.15, 0.2) is 0 Å². The first-order valence-corrected chi connectivity index (χ1v) is 14.0. The number of nitrogens with zero attached hydrogens (tertiary/aromatic N) is 4. The third-order valence-corrected chi connectivity index (χ3v) is 8.12. The number of nitriles is 1. The van der Waals surface area contributed by atoms with Crippen molar-refractivity contribution in [2.75, 3.05) is 52.5 Å². The van der Waals surface area contributed by atoms with Gasteiger partial charge in [-0.05, 0) is 44.7 Å². The molecule has 1 aromatic rings. The lowest BCUT2D eigenvalue weighted by Gasteiger charge is -2.46. The van der Waals surface area contributed by atoms with Gasteiger partial charge in [-0.2, -0.15) is 5.26 Å². The summed E-state index contributed by atoms with van der Waals surface area (Å²) in [6.07, 6.45) is 2.57. The average molecular weight is 553 g/mol. The van der Waals surface area contributed by atoms with E-state index in [0.717, 1.165) is 51.4 Å². The van der Waals surface area contributed by atoms with Crippen molar-refractivity contribution in [1.82, 2.24) is 20.0 Å². The Morgan fingerprint density at radius 3 is 2.50 bits per heavy atom. The van der Waals surface area contributed by atoms with E-state index in [4.69, 9.17) is 9.47 Å². The fourth-order valence-corrected chi connectivity index (χ4v) is 5.58. The quantitative estimate of drug-likeness (QED) is 0.216. The first kappa shape index (κ1) is 30.0. The first-order chi connectivity index (χ1) is 19.2. The molecule has 0 spiro atoms. The standard InChI is InChI=1S/C28H40BN5O6/c1-28(2,33-13-11-32(12-14-33)24-18-39-19-24)16-22(17-30)26(35)34-10-6-9-23(34)20-40-27(36)31-25(29(37)38)15-21-7-4-3-5-8-21/h3-5,7-8,16,23-25,37-38H,6,9-15,18-20H2,1-2H3,(H,31,36)/t23-,25?/m1/s1. The van der Waals surface area contributed by atoms with Gasteiger partial charge in [-0.1, -0.05) is 30.3 Å². The van der Waals surface area contributed by atoms with E-state index < -0.39 is 24.7 Å². The summed E-state index contributed by atoms with van der Waals surface area (Å²) in [7, 11) is -1.76. The number of benzene rings is 1. The number of hydrogen-bond donors (Lipinski definition) is 3. The minimum atomic E-state index is -1.76. The van der Waals surface area contributed by atoms with Crippen LogP contribution in [0.5, 0.6) is 0 Å². The largest absolute Gasteiger partial charge is 0.475 e. The van der Waals surface area contributed by atoms with Gasteiger partial charge in [0.1, 0.15) is 18.2 Å². The summed E-state index contributed by atoms with van der Waals surface area (Å²) in [4.78, 5) is 32.2. The SMILES string of the molecule is CC(C)(C=C(C#N)C(=O)N1CCC[C@@H]1COC(=O)NC(Cc1ccccc1)B(O)O)N1CCN(C2COC2)CC1. The molecular formula is C28H40BN5O6. The molecule has 0 aliphatic carbocycles. The van der Waals surface area contributed by atoms with Gasteiger partial charge in [-0.15, -0.1) is 0 Å². The molecular weight excluding hydrogens is 513 g/mol. The van der Waals surface area contributed by atoms with Gasteiger partial charge < -0.3 is 29.7 Å². The molecule has 3 aliphatic rings. The zero-order valence-electron chi connectivity index (χ0n) is 23.4. The highest BCUT2D eigenvalue weighted by molar-refractivity contribution is 6.43. The Hall–Kier alpha value is -2.95. The van der Waals surface area contributed by atoms with Crippen molar-refractivity contribution < 1.29 is 29.1 Å². The minimum Gasteiger partial charge on any atom is -0.447 e. The van der Waals surface area contributed by atoms with E-state index in [-0.39, 0.29) is 30.5 Å². The fraction of sp³-hybridized carbons (Fsp3) is 0.607. The summed E-state index contributed by atoms with van der Waals surface area (Å²) in [5.41, 5.74) is 0.442. The smallest absolute Gasteiger partial charge is 0.447 e. The van der Waals surface area contributed by atoms with Crippen LogP contribution in [0.2, 0.25) is 0 Å². The Kier molecular flexibility index (Phi) is 10.2. The van der Waals surface area contributed by atoms with Crippen LogP contribution >= 0.6 is 0 Å². The molecule has 1 aromatic carbocycles. The predicted octanol–water partition coefficient (Wildman–Crippen LogP) is 0.572. The molecule has 12 heteroatoms. The lowest BCUT2D eigenvalue weighted by atomic mass is 9.76. The van der Waals surface area contributed by atoms with E-state index in [1.54, 1.807) is 11.0 Å². The number of carbonyl (C=O) groups excluding carboxylic acids is 2. The van der Waals surface area contributed by atoms with Gasteiger partial charge in [0.05, 0.1) is 31.2 Å². The first-order valence-electron chi connectivity index (χ1n) is 14.0. The molecule has 3 fully saturated rings. The lowest BCUT2D eigenvalue weighted by molar-refractivity contribution is -0.128. The number of likely N-dealkylation sites (tertiary alicyclic amines) is 1. The van der Waals surface area contributed by atoms with Gasteiger partial charge in [-0.25, -0.2) is 4.79 Å². The van der Waals surface area contributed by atoms with Crippen LogP contribution in [-0.2, 0) is 20.7 Å². The van der Waals surface area contributed by atoms with Crippen molar-refractivity contribution in [3.63, 3.8) is 0 Å². The second-order valence-corrected chi connectivity index (χ2v) is 11.3. The molecule has 3 aliphatic heterocycles. The summed E-state index contributed by atoms with van der Waals surface area (Å²) in [5.74, 6) is -1.31. The summed E-state index contributed by atoms with van der Waals surface area (Å²) in [6.45, 7) is 9.58. The second-order valence-electron chi connectivity index (χ2n) is 11.3. The van der Waals surface area contributed by atoms with Gasteiger partial charge in [0.2, 0.25) is 0 Å². The molecule has 0 bridgehead atoms. The zero-order valence-corrected chi connectivity index (χ0v) is 23.4. The van der Waals surface area contributed by atoms with Crippen LogP contribution in [0.25, 0.3) is 0 Å². The molecule has 40 heavy (non-hydrogen) atoms. The van der Waals surface area contributed by atoms with Crippen molar-refractivity contribution in [2.24, 2.45) is 0 Å². The maximum atomic E-state index is 13.4. The lowest BCUT2D eigenvalue weighted by Crippen LogP contribution is -2.59. The topological polar surface area (TPSA) is 139 Å². The van der Waals surface area contributed by atoms with Gasteiger partial charge in [0, 0.05) is 38.3 Å². The van der Waals surface area contributed by atoms with E-state index in [9.17, 15) is 24.9 Å². The molecule has 0 aromatic heterocycles. The number of ether oxygens (including phenoxy) is 2. The second kappa shape index (κ2) is 13.6. The van der Waals surface area contributed by atoms with E-state index in [2.05, 4.69) is 21.2 Å². The highest BCUT2D eigenvalue weighted by Gasteiger charge is 2.36. The monoisotopic (exact) mass is 553 g/mol. The zero-order chi connectivity index (χ0) is 28.7. The summed E-state index contributed by atoms with van der Waals surface area (Å²) in [6, 6.07) is 11.4. The number of alkyl carbamates (subject to hydrolysis) is 1. The van der Waals surface area contributed by atoms with Crippen molar-refractivity contribution in [3.05, 3.63) is 47.5 Å². The predicted molar refractivity (Wildman–Crippen MR) is 149 cm³/mol. The number of carbonyl (C=O) groups is 2. The van der Waals surface area contributed by atoms with E-state index in [1.165, 1.54) is 0 Å². The maximum Gasteiger partial charge on any atom is 0.475 e. The molecule has 2 atom stereocenters. The Balaban J connectivity index is 1.31. The number of hydrogen-bond acceptors (Lipinski definition) is 9. The molecule has 11 nitrogen and oxygen atoms in total. The van der Waals surface area contributed by atoms with Crippen LogP contribution in [0.4, 0.5) is 4.79 Å². The fourth-order valence-electron chi connectivity index (χ4n) is 5.58. The maximum absolute atomic E-state index is 13.4. The van der Waals surface area contributed by atoms with Crippen molar-refractivity contribution in [2.45, 2.75) is 56.7 Å². The molecule has 3 saturated heterocycles. The number of amides is 2. The Morgan fingerprint density at radius 2 is 1.90 bits per heavy atom. The van der Waals surface area contributed by atoms with E-state index >= 15 is 0 Å². The minimum absolute atomic E-state index is 0.0495. The molecule has 4 rings (SSSR count). The van der Waals surface area contributed by atoms with Crippen LogP contribution in [0.15, 0.2) is 42.0 Å². The molecule has 3 heterocycles.